The van der Waals surface area contributed by atoms with Crippen molar-refractivity contribution in [1.82, 2.24) is 5.32 Å². The SMILES string of the molecule is CCC(C)(C)c1ccc(OCC(O)CNC(C)C)cc1. The Morgan fingerprint density at radius 1 is 1.20 bits per heavy atom. The summed E-state index contributed by atoms with van der Waals surface area (Å²) in [7, 11) is 0. The Kier molecular flexibility index (Phi) is 6.50. The van der Waals surface area contributed by atoms with Crippen molar-refractivity contribution >= 4 is 0 Å². The number of rotatable bonds is 8. The Balaban J connectivity index is 2.46. The fourth-order valence-electron chi connectivity index (χ4n) is 1.83. The number of aliphatic hydroxyl groups is 1. The van der Waals surface area contributed by atoms with Crippen molar-refractivity contribution in [3.63, 3.8) is 0 Å². The fraction of sp³-hybridized carbons (Fsp3) is 0.647. The second kappa shape index (κ2) is 7.65. The summed E-state index contributed by atoms with van der Waals surface area (Å²) in [5.41, 5.74) is 1.51. The minimum absolute atomic E-state index is 0.194. The quantitative estimate of drug-likeness (QED) is 0.768. The van der Waals surface area contributed by atoms with Crippen LogP contribution in [0.3, 0.4) is 0 Å². The second-order valence-electron chi connectivity index (χ2n) is 6.29. The van der Waals surface area contributed by atoms with Gasteiger partial charge in [-0.25, -0.2) is 0 Å². The van der Waals surface area contributed by atoms with Crippen LogP contribution in [0.1, 0.15) is 46.6 Å². The van der Waals surface area contributed by atoms with Crippen LogP contribution >= 0.6 is 0 Å². The summed E-state index contributed by atoms with van der Waals surface area (Å²) in [6, 6.07) is 8.56. The van der Waals surface area contributed by atoms with Gasteiger partial charge < -0.3 is 15.2 Å². The van der Waals surface area contributed by atoms with E-state index >= 15 is 0 Å². The lowest BCUT2D eigenvalue weighted by molar-refractivity contribution is 0.104. The smallest absolute Gasteiger partial charge is 0.119 e. The van der Waals surface area contributed by atoms with E-state index in [2.05, 4.69) is 52.1 Å². The number of nitrogens with one attached hydrogen (secondary N) is 1. The van der Waals surface area contributed by atoms with Crippen LogP contribution in [0.2, 0.25) is 0 Å². The number of aliphatic hydroxyl groups excluding tert-OH is 1. The molecule has 0 bridgehead atoms. The minimum Gasteiger partial charge on any atom is -0.491 e. The first-order chi connectivity index (χ1) is 9.35. The lowest BCUT2D eigenvalue weighted by atomic mass is 9.82. The fourth-order valence-corrected chi connectivity index (χ4v) is 1.83. The largest absolute Gasteiger partial charge is 0.491 e. The van der Waals surface area contributed by atoms with Gasteiger partial charge in [0.15, 0.2) is 0 Å². The van der Waals surface area contributed by atoms with Crippen LogP contribution in [0.5, 0.6) is 5.75 Å². The number of benzene rings is 1. The average molecular weight is 279 g/mol. The van der Waals surface area contributed by atoms with Gasteiger partial charge in [0, 0.05) is 12.6 Å². The van der Waals surface area contributed by atoms with Gasteiger partial charge in [-0.3, -0.25) is 0 Å². The Morgan fingerprint density at radius 2 is 1.80 bits per heavy atom. The molecule has 0 fully saturated rings. The first-order valence-electron chi connectivity index (χ1n) is 7.50. The summed E-state index contributed by atoms with van der Waals surface area (Å²) in [6.45, 7) is 11.7. The maximum atomic E-state index is 9.79. The Labute approximate surface area is 123 Å². The molecular weight excluding hydrogens is 250 g/mol. The molecule has 0 saturated heterocycles. The van der Waals surface area contributed by atoms with Gasteiger partial charge in [0.25, 0.3) is 0 Å². The first kappa shape index (κ1) is 17.0. The van der Waals surface area contributed by atoms with Gasteiger partial charge in [0.1, 0.15) is 18.5 Å². The number of ether oxygens (including phenoxy) is 1. The van der Waals surface area contributed by atoms with Crippen molar-refractivity contribution in [3.8, 4) is 5.75 Å². The van der Waals surface area contributed by atoms with Gasteiger partial charge in [-0.1, -0.05) is 46.8 Å². The van der Waals surface area contributed by atoms with Crippen LogP contribution in [0.25, 0.3) is 0 Å². The third kappa shape index (κ3) is 5.51. The van der Waals surface area contributed by atoms with Crippen LogP contribution in [-0.2, 0) is 5.41 Å². The van der Waals surface area contributed by atoms with E-state index in [9.17, 15) is 5.11 Å². The Morgan fingerprint density at radius 3 is 2.30 bits per heavy atom. The lowest BCUT2D eigenvalue weighted by Crippen LogP contribution is -2.35. The zero-order valence-electron chi connectivity index (χ0n) is 13.4. The molecule has 20 heavy (non-hydrogen) atoms. The van der Waals surface area contributed by atoms with Crippen LogP contribution in [0, 0.1) is 0 Å². The standard InChI is InChI=1S/C17H29NO2/c1-6-17(4,5)14-7-9-16(10-8-14)20-12-15(19)11-18-13(2)3/h7-10,13,15,18-19H,6,11-12H2,1-5H3. The molecule has 0 radical (unpaired) electrons. The van der Waals surface area contributed by atoms with Gasteiger partial charge in [0.2, 0.25) is 0 Å². The molecule has 3 heteroatoms. The summed E-state index contributed by atoms with van der Waals surface area (Å²) in [5.74, 6) is 0.809. The van der Waals surface area contributed by atoms with Gasteiger partial charge in [-0.15, -0.1) is 0 Å². The molecule has 1 unspecified atom stereocenters. The lowest BCUT2D eigenvalue weighted by Gasteiger charge is -2.23. The molecule has 0 aromatic heterocycles. The summed E-state index contributed by atoms with van der Waals surface area (Å²) in [6.07, 6.45) is 0.622. The van der Waals surface area contributed by atoms with Crippen LogP contribution in [0.15, 0.2) is 24.3 Å². The van der Waals surface area contributed by atoms with Crippen molar-refractivity contribution in [2.45, 2.75) is 58.6 Å². The summed E-state index contributed by atoms with van der Waals surface area (Å²) in [4.78, 5) is 0. The topological polar surface area (TPSA) is 41.5 Å². The minimum atomic E-state index is -0.482. The number of hydrogen-bond acceptors (Lipinski definition) is 3. The van der Waals surface area contributed by atoms with Gasteiger partial charge in [-0.2, -0.15) is 0 Å². The monoisotopic (exact) mass is 279 g/mol. The van der Waals surface area contributed by atoms with Crippen LogP contribution in [0.4, 0.5) is 0 Å². The summed E-state index contributed by atoms with van der Waals surface area (Å²) < 4.78 is 5.61. The highest BCUT2D eigenvalue weighted by Crippen LogP contribution is 2.27. The molecule has 0 aliphatic carbocycles. The van der Waals surface area contributed by atoms with E-state index in [0.29, 0.717) is 19.2 Å². The van der Waals surface area contributed by atoms with Crippen molar-refractivity contribution < 1.29 is 9.84 Å². The van der Waals surface area contributed by atoms with Crippen molar-refractivity contribution in [2.75, 3.05) is 13.2 Å². The third-order valence-electron chi connectivity index (χ3n) is 3.72. The Bertz CT molecular complexity index is 384. The predicted molar refractivity (Wildman–Crippen MR) is 84.4 cm³/mol. The highest BCUT2D eigenvalue weighted by Gasteiger charge is 2.17. The summed E-state index contributed by atoms with van der Waals surface area (Å²) >= 11 is 0. The van der Waals surface area contributed by atoms with Crippen molar-refractivity contribution in [2.24, 2.45) is 0 Å². The molecule has 0 aliphatic heterocycles. The normalized spacial score (nSPS) is 13.6. The zero-order valence-corrected chi connectivity index (χ0v) is 13.4. The van der Waals surface area contributed by atoms with E-state index in [-0.39, 0.29) is 5.41 Å². The Hall–Kier alpha value is -1.06. The molecular formula is C17H29NO2. The van der Waals surface area contributed by atoms with Crippen molar-refractivity contribution in [3.05, 3.63) is 29.8 Å². The maximum Gasteiger partial charge on any atom is 0.119 e. The number of hydrogen-bond donors (Lipinski definition) is 2. The third-order valence-corrected chi connectivity index (χ3v) is 3.72. The van der Waals surface area contributed by atoms with E-state index in [4.69, 9.17) is 4.74 Å². The van der Waals surface area contributed by atoms with Gasteiger partial charge in [0.05, 0.1) is 0 Å². The van der Waals surface area contributed by atoms with Crippen LogP contribution < -0.4 is 10.1 Å². The van der Waals surface area contributed by atoms with E-state index < -0.39 is 6.10 Å². The zero-order chi connectivity index (χ0) is 15.2. The molecule has 1 aromatic carbocycles. The van der Waals surface area contributed by atoms with Crippen LogP contribution in [-0.4, -0.2) is 30.4 Å². The first-order valence-corrected chi connectivity index (χ1v) is 7.50. The maximum absolute atomic E-state index is 9.79. The van der Waals surface area contributed by atoms with Crippen molar-refractivity contribution in [1.29, 1.82) is 0 Å². The predicted octanol–water partition coefficient (Wildman–Crippen LogP) is 3.11. The average Bonchev–Trinajstić information content (AvgIpc) is 2.43. The van der Waals surface area contributed by atoms with Gasteiger partial charge >= 0.3 is 0 Å². The molecule has 1 atom stereocenters. The van der Waals surface area contributed by atoms with E-state index in [1.807, 2.05) is 12.1 Å². The molecule has 0 aliphatic rings. The molecule has 0 saturated carbocycles. The summed E-state index contributed by atoms with van der Waals surface area (Å²) in [5, 5.41) is 13.0. The van der Waals surface area contributed by atoms with E-state index in [1.54, 1.807) is 0 Å². The highest BCUT2D eigenvalue weighted by atomic mass is 16.5. The molecule has 114 valence electrons. The van der Waals surface area contributed by atoms with Gasteiger partial charge in [-0.05, 0) is 29.5 Å². The molecule has 0 amide bonds. The molecule has 0 spiro atoms. The second-order valence-corrected chi connectivity index (χ2v) is 6.29. The van der Waals surface area contributed by atoms with E-state index in [0.717, 1.165) is 12.2 Å². The molecule has 3 nitrogen and oxygen atoms in total. The molecule has 2 N–H and O–H groups in total. The highest BCUT2D eigenvalue weighted by molar-refractivity contribution is 5.31. The molecule has 0 heterocycles. The molecule has 1 rings (SSSR count). The van der Waals surface area contributed by atoms with E-state index in [1.165, 1.54) is 5.56 Å². The molecule has 1 aromatic rings.